The van der Waals surface area contributed by atoms with Crippen LogP contribution in [0.4, 0.5) is 5.69 Å². The van der Waals surface area contributed by atoms with E-state index in [2.05, 4.69) is 68.8 Å². The van der Waals surface area contributed by atoms with E-state index in [-0.39, 0.29) is 48.4 Å². The smallest absolute Gasteiger partial charge is 0.264 e. The molecule has 9 rings (SSSR count). The summed E-state index contributed by atoms with van der Waals surface area (Å²) in [6, 6.07) is 32.8. The van der Waals surface area contributed by atoms with Crippen LogP contribution < -0.4 is 21.4 Å². The number of hydrogen-bond acceptors (Lipinski definition) is 9. The van der Waals surface area contributed by atoms with E-state index in [1.165, 1.54) is 0 Å². The second-order valence-corrected chi connectivity index (χ2v) is 17.7. The van der Waals surface area contributed by atoms with Crippen molar-refractivity contribution >= 4 is 46.3 Å². The SMILES string of the molecule is N=c1c2c(-c3ccccc3)c(-c3ccccc3)n(Cc3cccc(C#CCCCCNC(=O)CCCNc4cccc5c4C(=O)N(C4CCC(=O)NC4=O)C5=O)c3)c2ncn1C1CCC(O)CC1. The van der Waals surface area contributed by atoms with E-state index in [1.807, 2.05) is 59.4 Å². The fraction of sp³-hybridized carbons (Fsp3) is 0.315. The van der Waals surface area contributed by atoms with Crippen LogP contribution in [0.5, 0.6) is 0 Å². The van der Waals surface area contributed by atoms with Crippen LogP contribution in [0.2, 0.25) is 0 Å². The monoisotopic (exact) mass is 910 g/mol. The highest BCUT2D eigenvalue weighted by atomic mass is 16.3. The number of imide groups is 2. The molecule has 0 spiro atoms. The van der Waals surface area contributed by atoms with Gasteiger partial charge in [0.1, 0.15) is 17.2 Å². The largest absolute Gasteiger partial charge is 0.393 e. The first-order valence-corrected chi connectivity index (χ1v) is 23.6. The minimum Gasteiger partial charge on any atom is -0.393 e. The Kier molecular flexibility index (Phi) is 13.7. The number of amides is 5. The number of aromatic nitrogens is 3. The van der Waals surface area contributed by atoms with Gasteiger partial charge in [-0.15, -0.1) is 0 Å². The molecule has 5 N–H and O–H groups in total. The summed E-state index contributed by atoms with van der Waals surface area (Å²) in [7, 11) is 0. The molecule has 3 aliphatic rings. The first-order valence-electron chi connectivity index (χ1n) is 23.6. The number of anilines is 1. The molecular formula is C54H54N8O6. The molecule has 346 valence electrons. The zero-order valence-electron chi connectivity index (χ0n) is 37.8. The lowest BCUT2D eigenvalue weighted by atomic mass is 9.93. The summed E-state index contributed by atoms with van der Waals surface area (Å²) in [6.07, 6.45) is 7.72. The summed E-state index contributed by atoms with van der Waals surface area (Å²) in [5.74, 6) is 4.34. The number of piperidine rings is 1. The third-order valence-corrected chi connectivity index (χ3v) is 13.1. The molecule has 14 nitrogen and oxygen atoms in total. The predicted molar refractivity (Wildman–Crippen MR) is 258 cm³/mol. The number of aliphatic hydroxyl groups excluding tert-OH is 1. The maximum Gasteiger partial charge on any atom is 0.264 e. The molecule has 5 amide bonds. The number of unbranched alkanes of at least 4 members (excludes halogenated alkanes) is 2. The summed E-state index contributed by atoms with van der Waals surface area (Å²) < 4.78 is 4.23. The van der Waals surface area contributed by atoms with Gasteiger partial charge in [-0.3, -0.25) is 39.6 Å². The molecule has 1 saturated carbocycles. The molecule has 2 aliphatic heterocycles. The lowest BCUT2D eigenvalue weighted by Gasteiger charge is -2.27. The van der Waals surface area contributed by atoms with E-state index in [0.29, 0.717) is 56.5 Å². The number of fused-ring (bicyclic) bond motifs is 2. The first-order chi connectivity index (χ1) is 33.2. The number of carbonyl (C=O) groups excluding carboxylic acids is 5. The van der Waals surface area contributed by atoms with Crippen LogP contribution in [-0.4, -0.2) is 78.9 Å². The standard InChI is InChI=1S/C54H54N8O6/c55-50-48-46(37-17-6-3-7-18-37)49(38-19-8-4-9-20-38)60(51(48)58-34-61(50)39-24-26-40(63)27-25-39)33-36-16-11-15-35(32-36)14-5-1-2-10-30-57-44(64)23-13-31-56-42-22-12-21-41-47(42)54(68)62(53(41)67)43-28-29-45(65)59-52(43)66/h3-4,6-9,11-12,15-22,32,34,39-40,43,55-56,63H,1-2,10,13,23-31,33H2,(H,57,64)(H,59,65,66). The minimum atomic E-state index is -1.04. The summed E-state index contributed by atoms with van der Waals surface area (Å²) in [5, 5.41) is 29.1. The minimum absolute atomic E-state index is 0.0488. The Morgan fingerprint density at radius 3 is 2.32 bits per heavy atom. The Balaban J connectivity index is 0.797. The number of benzene rings is 4. The Bertz CT molecular complexity index is 3020. The van der Waals surface area contributed by atoms with Crippen molar-refractivity contribution in [3.8, 4) is 34.2 Å². The molecule has 0 bridgehead atoms. The highest BCUT2D eigenvalue weighted by Crippen LogP contribution is 2.40. The van der Waals surface area contributed by atoms with Crippen LogP contribution in [-0.2, 0) is 20.9 Å². The zero-order chi connectivity index (χ0) is 47.1. The molecule has 14 heteroatoms. The maximum absolute atomic E-state index is 13.4. The van der Waals surface area contributed by atoms with Crippen LogP contribution in [0.15, 0.2) is 109 Å². The normalized spacial score (nSPS) is 18.0. The van der Waals surface area contributed by atoms with E-state index in [1.54, 1.807) is 18.2 Å². The molecule has 1 aliphatic carbocycles. The number of rotatable bonds is 15. The second-order valence-electron chi connectivity index (χ2n) is 17.7. The van der Waals surface area contributed by atoms with Crippen molar-refractivity contribution in [1.82, 2.24) is 29.7 Å². The third-order valence-electron chi connectivity index (χ3n) is 13.1. The van der Waals surface area contributed by atoms with Gasteiger partial charge < -0.3 is 24.9 Å². The van der Waals surface area contributed by atoms with Gasteiger partial charge in [0, 0.05) is 61.8 Å². The molecule has 2 fully saturated rings. The number of hydrogen-bond donors (Lipinski definition) is 5. The highest BCUT2D eigenvalue weighted by molar-refractivity contribution is 6.25. The number of nitrogens with zero attached hydrogens (tertiary/aromatic N) is 4. The van der Waals surface area contributed by atoms with Crippen LogP contribution in [0.25, 0.3) is 33.4 Å². The summed E-state index contributed by atoms with van der Waals surface area (Å²) >= 11 is 0. The zero-order valence-corrected chi connectivity index (χ0v) is 37.8. The van der Waals surface area contributed by atoms with Gasteiger partial charge in [-0.2, -0.15) is 0 Å². The summed E-state index contributed by atoms with van der Waals surface area (Å²) in [4.78, 5) is 69.2. The highest BCUT2D eigenvalue weighted by Gasteiger charge is 2.45. The maximum atomic E-state index is 13.4. The van der Waals surface area contributed by atoms with Crippen molar-refractivity contribution in [2.45, 2.75) is 95.4 Å². The Morgan fingerprint density at radius 1 is 0.809 bits per heavy atom. The van der Waals surface area contributed by atoms with Gasteiger partial charge in [0.2, 0.25) is 17.7 Å². The number of aliphatic hydroxyl groups is 1. The van der Waals surface area contributed by atoms with Gasteiger partial charge in [-0.25, -0.2) is 4.98 Å². The quantitative estimate of drug-likeness (QED) is 0.0409. The number of nitrogens with one attached hydrogen (secondary N) is 4. The summed E-state index contributed by atoms with van der Waals surface area (Å²) in [5.41, 5.74) is 8.01. The molecule has 1 atom stereocenters. The van der Waals surface area contributed by atoms with E-state index < -0.39 is 29.7 Å². The van der Waals surface area contributed by atoms with Gasteiger partial charge in [-0.05, 0) is 92.3 Å². The van der Waals surface area contributed by atoms with E-state index in [4.69, 9.17) is 4.98 Å². The summed E-state index contributed by atoms with van der Waals surface area (Å²) in [6.45, 7) is 1.44. The van der Waals surface area contributed by atoms with Crippen LogP contribution >= 0.6 is 0 Å². The van der Waals surface area contributed by atoms with Gasteiger partial charge in [-0.1, -0.05) is 90.7 Å². The molecule has 1 unspecified atom stereocenters. The van der Waals surface area contributed by atoms with Crippen LogP contribution in [0.1, 0.15) is 109 Å². The lowest BCUT2D eigenvalue weighted by Crippen LogP contribution is -2.54. The fourth-order valence-corrected chi connectivity index (χ4v) is 9.70. The molecular weight excluding hydrogens is 857 g/mol. The van der Waals surface area contributed by atoms with E-state index >= 15 is 0 Å². The molecule has 0 radical (unpaired) electrons. The van der Waals surface area contributed by atoms with Gasteiger partial charge in [0.25, 0.3) is 11.8 Å². The van der Waals surface area contributed by atoms with Crippen molar-refractivity contribution in [1.29, 1.82) is 5.41 Å². The van der Waals surface area contributed by atoms with Crippen molar-refractivity contribution < 1.29 is 29.1 Å². The Morgan fingerprint density at radius 2 is 1.56 bits per heavy atom. The average molecular weight is 911 g/mol. The molecule has 1 saturated heterocycles. The molecule has 6 aromatic rings. The van der Waals surface area contributed by atoms with Crippen LogP contribution in [0.3, 0.4) is 0 Å². The third kappa shape index (κ3) is 9.61. The fourth-order valence-electron chi connectivity index (χ4n) is 9.70. The van der Waals surface area contributed by atoms with Crippen molar-refractivity contribution in [3.63, 3.8) is 0 Å². The first kappa shape index (κ1) is 45.5. The van der Waals surface area contributed by atoms with Crippen molar-refractivity contribution in [2.24, 2.45) is 0 Å². The van der Waals surface area contributed by atoms with Gasteiger partial charge >= 0.3 is 0 Å². The molecule has 68 heavy (non-hydrogen) atoms. The average Bonchev–Trinajstić information content (AvgIpc) is 3.81. The second kappa shape index (κ2) is 20.5. The Labute approximate surface area is 394 Å². The van der Waals surface area contributed by atoms with Gasteiger partial charge in [0.05, 0.1) is 34.6 Å². The van der Waals surface area contributed by atoms with Crippen molar-refractivity contribution in [2.75, 3.05) is 18.4 Å². The number of carbonyl (C=O) groups is 5. The molecule has 2 aromatic heterocycles. The predicted octanol–water partition coefficient (Wildman–Crippen LogP) is 7.11. The molecule has 4 heterocycles. The van der Waals surface area contributed by atoms with E-state index in [0.717, 1.165) is 75.1 Å². The van der Waals surface area contributed by atoms with E-state index in [9.17, 15) is 34.5 Å². The molecule has 4 aromatic carbocycles. The lowest BCUT2D eigenvalue weighted by molar-refractivity contribution is -0.136. The Hall–Kier alpha value is -7.63. The topological polar surface area (TPSA) is 192 Å². The van der Waals surface area contributed by atoms with Crippen LogP contribution in [0, 0.1) is 17.3 Å². The van der Waals surface area contributed by atoms with Gasteiger partial charge in [0.15, 0.2) is 0 Å². The van der Waals surface area contributed by atoms with Crippen molar-refractivity contribution in [3.05, 3.63) is 137 Å².